The van der Waals surface area contributed by atoms with E-state index in [1.807, 2.05) is 61.5 Å². The van der Waals surface area contributed by atoms with Gasteiger partial charge >= 0.3 is 0 Å². The van der Waals surface area contributed by atoms with Crippen LogP contribution in [0.5, 0.6) is 5.75 Å². The Kier molecular flexibility index (Phi) is 4.01. The number of nitrogens with zero attached hydrogens (tertiary/aromatic N) is 2. The van der Waals surface area contributed by atoms with Crippen molar-refractivity contribution in [3.63, 3.8) is 0 Å². The number of aryl methyl sites for hydroxylation is 1. The summed E-state index contributed by atoms with van der Waals surface area (Å²) in [6, 6.07) is 15.7. The van der Waals surface area contributed by atoms with E-state index in [0.717, 1.165) is 22.4 Å². The predicted molar refractivity (Wildman–Crippen MR) is 86.4 cm³/mol. The minimum absolute atomic E-state index is 0.462. The first-order valence-electron chi connectivity index (χ1n) is 6.98. The first kappa shape index (κ1) is 14.1. The van der Waals surface area contributed by atoms with Crippen LogP contribution >= 0.6 is 0 Å². The molecule has 0 aliphatic rings. The van der Waals surface area contributed by atoms with Crippen molar-refractivity contribution in [1.82, 2.24) is 10.2 Å². The third kappa shape index (κ3) is 2.91. The molecule has 3 rings (SSSR count). The molecule has 1 aromatic heterocycles. The van der Waals surface area contributed by atoms with Crippen molar-refractivity contribution >= 4 is 12.2 Å². The zero-order valence-corrected chi connectivity index (χ0v) is 12.5. The highest BCUT2D eigenvalue weighted by molar-refractivity contribution is 5.70. The lowest BCUT2D eigenvalue weighted by atomic mass is 10.1. The molecule has 4 heteroatoms. The number of hydrogen-bond acceptors (Lipinski definition) is 4. The molecule has 0 saturated carbocycles. The summed E-state index contributed by atoms with van der Waals surface area (Å²) in [5.41, 5.74) is 3.01. The fourth-order valence-electron chi connectivity index (χ4n) is 2.19. The van der Waals surface area contributed by atoms with E-state index in [1.165, 1.54) is 0 Å². The van der Waals surface area contributed by atoms with Gasteiger partial charge in [0.15, 0.2) is 0 Å². The molecular weight excluding hydrogens is 276 g/mol. The molecule has 0 saturated heterocycles. The molecule has 4 nitrogen and oxygen atoms in total. The van der Waals surface area contributed by atoms with Crippen molar-refractivity contribution in [3.05, 3.63) is 65.5 Å². The molecule has 0 unspecified atom stereocenters. The average molecular weight is 292 g/mol. The Labute approximate surface area is 129 Å². The molecule has 2 aromatic carbocycles. The van der Waals surface area contributed by atoms with Gasteiger partial charge in [-0.15, -0.1) is 10.2 Å². The lowest BCUT2D eigenvalue weighted by molar-refractivity contribution is 0.414. The Morgan fingerprint density at radius 3 is 2.55 bits per heavy atom. The largest absolute Gasteiger partial charge is 0.496 e. The van der Waals surface area contributed by atoms with E-state index in [2.05, 4.69) is 10.2 Å². The summed E-state index contributed by atoms with van der Waals surface area (Å²) in [6.07, 6.45) is 3.68. The third-order valence-electron chi connectivity index (χ3n) is 3.36. The smallest absolute Gasteiger partial charge is 0.248 e. The minimum Gasteiger partial charge on any atom is -0.496 e. The highest BCUT2D eigenvalue weighted by Crippen LogP contribution is 2.23. The monoisotopic (exact) mass is 292 g/mol. The molecule has 22 heavy (non-hydrogen) atoms. The molecule has 3 aromatic rings. The molecule has 0 N–H and O–H groups in total. The maximum Gasteiger partial charge on any atom is 0.248 e. The molecule has 0 bridgehead atoms. The van der Waals surface area contributed by atoms with Gasteiger partial charge in [0.1, 0.15) is 5.75 Å². The number of benzene rings is 2. The maximum atomic E-state index is 5.70. The van der Waals surface area contributed by atoms with E-state index in [-0.39, 0.29) is 0 Å². The number of ether oxygens (including phenoxy) is 1. The number of aromatic nitrogens is 2. The SMILES string of the molecule is COc1ccccc1C=Cc1nnc(-c2ccccc2C)o1. The first-order valence-corrected chi connectivity index (χ1v) is 6.98. The number of para-hydroxylation sites is 1. The van der Waals surface area contributed by atoms with Crippen molar-refractivity contribution in [2.75, 3.05) is 7.11 Å². The highest BCUT2D eigenvalue weighted by Gasteiger charge is 2.08. The second kappa shape index (κ2) is 6.26. The molecule has 0 spiro atoms. The normalized spacial score (nSPS) is 11.0. The molecular formula is C18H16N2O2. The summed E-state index contributed by atoms with van der Waals surface area (Å²) in [6.45, 7) is 2.02. The van der Waals surface area contributed by atoms with Crippen LogP contribution in [0.3, 0.4) is 0 Å². The molecule has 0 radical (unpaired) electrons. The van der Waals surface area contributed by atoms with E-state index in [0.29, 0.717) is 11.8 Å². The third-order valence-corrected chi connectivity index (χ3v) is 3.36. The zero-order chi connectivity index (χ0) is 15.4. The molecule has 0 fully saturated rings. The van der Waals surface area contributed by atoms with E-state index >= 15 is 0 Å². The Morgan fingerprint density at radius 2 is 1.73 bits per heavy atom. The molecule has 0 aliphatic heterocycles. The molecule has 0 amide bonds. The van der Waals surface area contributed by atoms with Crippen LogP contribution in [0.2, 0.25) is 0 Å². The second-order valence-electron chi connectivity index (χ2n) is 4.84. The van der Waals surface area contributed by atoms with E-state index in [1.54, 1.807) is 13.2 Å². The summed E-state index contributed by atoms with van der Waals surface area (Å²) in [5.74, 6) is 1.79. The molecule has 110 valence electrons. The van der Waals surface area contributed by atoms with Gasteiger partial charge in [-0.25, -0.2) is 0 Å². The summed E-state index contributed by atoms with van der Waals surface area (Å²) in [4.78, 5) is 0. The summed E-state index contributed by atoms with van der Waals surface area (Å²) < 4.78 is 11.0. The van der Waals surface area contributed by atoms with Crippen molar-refractivity contribution < 1.29 is 9.15 Å². The minimum atomic E-state index is 0.462. The topological polar surface area (TPSA) is 48.2 Å². The van der Waals surface area contributed by atoms with Gasteiger partial charge < -0.3 is 9.15 Å². The standard InChI is InChI=1S/C18H16N2O2/c1-13-7-3-5-9-15(13)18-20-19-17(22-18)12-11-14-8-4-6-10-16(14)21-2/h3-12H,1-2H3. The van der Waals surface area contributed by atoms with Gasteiger partial charge in [-0.3, -0.25) is 0 Å². The lowest BCUT2D eigenvalue weighted by Gasteiger charge is -2.02. The van der Waals surface area contributed by atoms with Gasteiger partial charge in [-0.2, -0.15) is 0 Å². The lowest BCUT2D eigenvalue weighted by Crippen LogP contribution is -1.85. The predicted octanol–water partition coefficient (Wildman–Crippen LogP) is 4.22. The number of rotatable bonds is 4. The zero-order valence-electron chi connectivity index (χ0n) is 12.5. The summed E-state index contributed by atoms with van der Waals surface area (Å²) in [5, 5.41) is 8.16. The van der Waals surface area contributed by atoms with Crippen molar-refractivity contribution in [1.29, 1.82) is 0 Å². The van der Waals surface area contributed by atoms with Crippen LogP contribution in [0.25, 0.3) is 23.6 Å². The maximum absolute atomic E-state index is 5.70. The Balaban J connectivity index is 1.86. The van der Waals surface area contributed by atoms with Gasteiger partial charge in [0.05, 0.1) is 7.11 Å². The quantitative estimate of drug-likeness (QED) is 0.722. The van der Waals surface area contributed by atoms with E-state index in [4.69, 9.17) is 9.15 Å². The van der Waals surface area contributed by atoms with Crippen molar-refractivity contribution in [2.45, 2.75) is 6.92 Å². The Morgan fingerprint density at radius 1 is 0.955 bits per heavy atom. The fraction of sp³-hybridized carbons (Fsp3) is 0.111. The van der Waals surface area contributed by atoms with Crippen molar-refractivity contribution in [2.24, 2.45) is 0 Å². The molecule has 0 atom stereocenters. The van der Waals surface area contributed by atoms with Crippen LogP contribution in [0.4, 0.5) is 0 Å². The van der Waals surface area contributed by atoms with Crippen molar-refractivity contribution in [3.8, 4) is 17.2 Å². The van der Waals surface area contributed by atoms with Gasteiger partial charge in [0, 0.05) is 17.2 Å². The van der Waals surface area contributed by atoms with Crippen LogP contribution in [0.1, 0.15) is 17.0 Å². The Hall–Kier alpha value is -2.88. The van der Waals surface area contributed by atoms with Gasteiger partial charge in [-0.1, -0.05) is 36.4 Å². The summed E-state index contributed by atoms with van der Waals surface area (Å²) in [7, 11) is 1.65. The van der Waals surface area contributed by atoms with Crippen LogP contribution in [-0.2, 0) is 0 Å². The second-order valence-corrected chi connectivity index (χ2v) is 4.84. The van der Waals surface area contributed by atoms with Gasteiger partial charge in [0.2, 0.25) is 11.8 Å². The Bertz CT molecular complexity index is 806. The molecule has 1 heterocycles. The van der Waals surface area contributed by atoms with Crippen LogP contribution < -0.4 is 4.74 Å². The molecule has 0 aliphatic carbocycles. The van der Waals surface area contributed by atoms with E-state index < -0.39 is 0 Å². The highest BCUT2D eigenvalue weighted by atomic mass is 16.5. The van der Waals surface area contributed by atoms with Crippen LogP contribution in [0, 0.1) is 6.92 Å². The van der Waals surface area contributed by atoms with Gasteiger partial charge in [-0.05, 0) is 30.7 Å². The van der Waals surface area contributed by atoms with Crippen LogP contribution in [-0.4, -0.2) is 17.3 Å². The van der Waals surface area contributed by atoms with E-state index in [9.17, 15) is 0 Å². The average Bonchev–Trinajstić information content (AvgIpc) is 3.02. The first-order chi connectivity index (χ1) is 10.8. The van der Waals surface area contributed by atoms with Gasteiger partial charge in [0.25, 0.3) is 0 Å². The summed E-state index contributed by atoms with van der Waals surface area (Å²) >= 11 is 0. The van der Waals surface area contributed by atoms with Crippen LogP contribution in [0.15, 0.2) is 52.9 Å². The number of methoxy groups -OCH3 is 1. The fourth-order valence-corrected chi connectivity index (χ4v) is 2.19. The number of hydrogen-bond donors (Lipinski definition) is 0.